The maximum Gasteiger partial charge on any atom is 0.155 e. The first-order valence-corrected chi connectivity index (χ1v) is 11.3. The molecule has 0 unspecified atom stereocenters. The molecule has 0 saturated carbocycles. The quantitative estimate of drug-likeness (QED) is 0.502. The van der Waals surface area contributed by atoms with Gasteiger partial charge >= 0.3 is 0 Å². The highest BCUT2D eigenvalue weighted by atomic mass is 32.2. The first-order valence-electron chi connectivity index (χ1n) is 9.70. The molecule has 4 heteroatoms. The van der Waals surface area contributed by atoms with E-state index in [0.29, 0.717) is 5.75 Å². The van der Waals surface area contributed by atoms with E-state index in [1.807, 2.05) is 0 Å². The molecule has 0 bridgehead atoms. The number of unbranched alkanes of at least 4 members (excludes halogenated alkanes) is 4. The average Bonchev–Trinajstić information content (AvgIpc) is 2.55. The zero-order valence-corrected chi connectivity index (χ0v) is 17.7. The Morgan fingerprint density at radius 3 is 2.08 bits per heavy atom. The van der Waals surface area contributed by atoms with E-state index in [4.69, 9.17) is 0 Å². The van der Waals surface area contributed by atoms with E-state index in [-0.39, 0.29) is 0 Å². The number of hydrogen-bond donors (Lipinski definition) is 0. The molecular formula is C21H37NO2S. The van der Waals surface area contributed by atoms with Crippen LogP contribution in [0.25, 0.3) is 0 Å². The van der Waals surface area contributed by atoms with Crippen LogP contribution in [0.5, 0.6) is 0 Å². The Morgan fingerprint density at radius 2 is 1.52 bits per heavy atom. The molecule has 0 aliphatic carbocycles. The van der Waals surface area contributed by atoms with Crippen molar-refractivity contribution in [2.75, 3.05) is 24.2 Å². The Morgan fingerprint density at radius 1 is 0.920 bits per heavy atom. The summed E-state index contributed by atoms with van der Waals surface area (Å²) in [6.07, 6.45) is 7.59. The van der Waals surface area contributed by atoms with Crippen LogP contribution < -0.4 is 4.90 Å². The van der Waals surface area contributed by atoms with Crippen LogP contribution in [-0.2, 0) is 16.3 Å². The lowest BCUT2D eigenvalue weighted by molar-refractivity contribution is 0.553. The molecule has 25 heavy (non-hydrogen) atoms. The van der Waals surface area contributed by atoms with Gasteiger partial charge in [0.15, 0.2) is 9.84 Å². The first kappa shape index (κ1) is 22.0. The van der Waals surface area contributed by atoms with Crippen LogP contribution in [0.2, 0.25) is 0 Å². The Kier molecular flexibility index (Phi) is 8.98. The molecular weight excluding hydrogens is 330 g/mol. The van der Waals surface area contributed by atoms with Crippen LogP contribution in [0.15, 0.2) is 24.3 Å². The maximum atomic E-state index is 12.1. The van der Waals surface area contributed by atoms with Crippen molar-refractivity contribution in [2.45, 2.75) is 77.4 Å². The third-order valence-corrected chi connectivity index (χ3v) is 7.48. The summed E-state index contributed by atoms with van der Waals surface area (Å²) in [5.74, 6) is 0.311. The molecule has 0 aliphatic heterocycles. The van der Waals surface area contributed by atoms with Crippen LogP contribution in [0, 0.1) is 0 Å². The molecule has 0 amide bonds. The normalized spacial score (nSPS) is 12.4. The van der Waals surface area contributed by atoms with Crippen molar-refractivity contribution in [2.24, 2.45) is 0 Å². The Hall–Kier alpha value is -1.03. The number of benzene rings is 1. The topological polar surface area (TPSA) is 37.4 Å². The standard InChI is InChI=1S/C21H37NO2S/c1-6-7-12-19-13-15-20(16-14-19)22(5)17-10-8-9-11-18-25(23,24)21(2,3)4/h13-16H,6-12,17-18H2,1-5H3. The van der Waals surface area contributed by atoms with Crippen LogP contribution in [0.3, 0.4) is 0 Å². The lowest BCUT2D eigenvalue weighted by atomic mass is 10.1. The van der Waals surface area contributed by atoms with Gasteiger partial charge < -0.3 is 4.90 Å². The van der Waals surface area contributed by atoms with Crippen LogP contribution in [0.4, 0.5) is 5.69 Å². The molecule has 144 valence electrons. The smallest absolute Gasteiger partial charge is 0.155 e. The van der Waals surface area contributed by atoms with E-state index in [2.05, 4.69) is 43.1 Å². The summed E-state index contributed by atoms with van der Waals surface area (Å²) >= 11 is 0. The van der Waals surface area contributed by atoms with Crippen molar-refractivity contribution < 1.29 is 8.42 Å². The summed E-state index contributed by atoms with van der Waals surface area (Å²) < 4.78 is 23.5. The summed E-state index contributed by atoms with van der Waals surface area (Å²) in [7, 11) is -0.836. The van der Waals surface area contributed by atoms with E-state index in [9.17, 15) is 8.42 Å². The van der Waals surface area contributed by atoms with Crippen molar-refractivity contribution in [3.8, 4) is 0 Å². The van der Waals surface area contributed by atoms with Gasteiger partial charge in [-0.3, -0.25) is 0 Å². The van der Waals surface area contributed by atoms with E-state index < -0.39 is 14.6 Å². The fourth-order valence-corrected chi connectivity index (χ4v) is 3.92. The van der Waals surface area contributed by atoms with Gasteiger partial charge in [0.25, 0.3) is 0 Å². The molecule has 0 saturated heterocycles. The summed E-state index contributed by atoms with van der Waals surface area (Å²) in [6, 6.07) is 8.89. The summed E-state index contributed by atoms with van der Waals surface area (Å²) in [5, 5.41) is 0. The predicted octanol–water partition coefficient (Wildman–Crippen LogP) is 5.24. The molecule has 1 aromatic rings. The van der Waals surface area contributed by atoms with Crippen LogP contribution >= 0.6 is 0 Å². The molecule has 0 atom stereocenters. The van der Waals surface area contributed by atoms with Gasteiger partial charge in [-0.05, 0) is 64.2 Å². The van der Waals surface area contributed by atoms with Crippen molar-refractivity contribution >= 4 is 15.5 Å². The van der Waals surface area contributed by atoms with Gasteiger partial charge in [-0.25, -0.2) is 8.42 Å². The van der Waals surface area contributed by atoms with Crippen molar-refractivity contribution in [1.29, 1.82) is 0 Å². The van der Waals surface area contributed by atoms with E-state index in [0.717, 1.165) is 38.6 Å². The molecule has 0 spiro atoms. The van der Waals surface area contributed by atoms with Crippen molar-refractivity contribution in [1.82, 2.24) is 0 Å². The summed E-state index contributed by atoms with van der Waals surface area (Å²) in [5.41, 5.74) is 2.68. The van der Waals surface area contributed by atoms with Crippen molar-refractivity contribution in [3.05, 3.63) is 29.8 Å². The Balaban J connectivity index is 2.25. The van der Waals surface area contributed by atoms with Crippen LogP contribution in [0.1, 0.15) is 71.8 Å². The first-order chi connectivity index (χ1) is 11.7. The minimum Gasteiger partial charge on any atom is -0.375 e. The molecule has 0 radical (unpaired) electrons. The zero-order valence-electron chi connectivity index (χ0n) is 16.8. The van der Waals surface area contributed by atoms with Gasteiger partial charge in [-0.15, -0.1) is 0 Å². The monoisotopic (exact) mass is 367 g/mol. The number of hydrogen-bond acceptors (Lipinski definition) is 3. The second-order valence-corrected chi connectivity index (χ2v) is 10.9. The molecule has 1 aromatic carbocycles. The van der Waals surface area contributed by atoms with Gasteiger partial charge in [-0.1, -0.05) is 38.3 Å². The number of nitrogens with zero attached hydrogens (tertiary/aromatic N) is 1. The second-order valence-electron chi connectivity index (χ2n) is 8.04. The maximum absolute atomic E-state index is 12.1. The van der Waals surface area contributed by atoms with Crippen LogP contribution in [-0.4, -0.2) is 32.5 Å². The molecule has 1 rings (SSSR count). The van der Waals surface area contributed by atoms with E-state index in [1.165, 1.54) is 24.1 Å². The molecule has 3 nitrogen and oxygen atoms in total. The number of sulfone groups is 1. The Bertz CT molecular complexity index is 585. The zero-order chi connectivity index (χ0) is 18.9. The summed E-state index contributed by atoms with van der Waals surface area (Å²) in [4.78, 5) is 2.29. The largest absolute Gasteiger partial charge is 0.375 e. The SMILES string of the molecule is CCCCc1ccc(N(C)CCCCCCS(=O)(=O)C(C)(C)C)cc1. The van der Waals surface area contributed by atoms with Gasteiger partial charge in [0.05, 0.1) is 10.5 Å². The third kappa shape index (κ3) is 7.81. The highest BCUT2D eigenvalue weighted by Gasteiger charge is 2.27. The molecule has 0 fully saturated rings. The molecule has 0 aromatic heterocycles. The van der Waals surface area contributed by atoms with E-state index in [1.54, 1.807) is 20.8 Å². The fourth-order valence-electron chi connectivity index (χ4n) is 2.73. The van der Waals surface area contributed by atoms with Crippen molar-refractivity contribution in [3.63, 3.8) is 0 Å². The van der Waals surface area contributed by atoms with Gasteiger partial charge in [-0.2, -0.15) is 0 Å². The minimum atomic E-state index is -2.97. The number of aryl methyl sites for hydroxylation is 1. The highest BCUT2D eigenvalue weighted by Crippen LogP contribution is 2.19. The second kappa shape index (κ2) is 10.2. The number of rotatable bonds is 11. The average molecular weight is 368 g/mol. The lowest BCUT2D eigenvalue weighted by Gasteiger charge is -2.20. The fraction of sp³-hybridized carbons (Fsp3) is 0.714. The van der Waals surface area contributed by atoms with Gasteiger partial charge in [0, 0.05) is 19.3 Å². The number of anilines is 1. The Labute approximate surface area is 155 Å². The predicted molar refractivity (Wildman–Crippen MR) is 110 cm³/mol. The minimum absolute atomic E-state index is 0.311. The van der Waals surface area contributed by atoms with Gasteiger partial charge in [0.2, 0.25) is 0 Å². The lowest BCUT2D eigenvalue weighted by Crippen LogP contribution is -2.30. The molecule has 0 heterocycles. The third-order valence-electron chi connectivity index (χ3n) is 4.79. The molecule has 0 aliphatic rings. The molecule has 0 N–H and O–H groups in total. The summed E-state index contributed by atoms with van der Waals surface area (Å²) in [6.45, 7) is 8.58. The highest BCUT2D eigenvalue weighted by molar-refractivity contribution is 7.92. The van der Waals surface area contributed by atoms with Gasteiger partial charge in [0.1, 0.15) is 0 Å². The van der Waals surface area contributed by atoms with E-state index >= 15 is 0 Å².